The zero-order chi connectivity index (χ0) is 20.0. The first-order valence-electron chi connectivity index (χ1n) is 9.76. The molecule has 0 saturated carbocycles. The summed E-state index contributed by atoms with van der Waals surface area (Å²) in [5.41, 5.74) is -0.494. The van der Waals surface area contributed by atoms with Gasteiger partial charge in [0, 0.05) is 26.2 Å². The van der Waals surface area contributed by atoms with Gasteiger partial charge in [0.15, 0.2) is 0 Å². The Morgan fingerprint density at radius 2 is 2.00 bits per heavy atom. The molecule has 2 unspecified atom stereocenters. The van der Waals surface area contributed by atoms with Crippen LogP contribution in [0.2, 0.25) is 0 Å². The SMILES string of the molecule is COC(=O)CC1C(=O)NCCN1CCC1CCCN(C(=O)OC(C)(C)C)C1. The molecule has 8 heteroatoms. The van der Waals surface area contributed by atoms with E-state index in [0.717, 1.165) is 38.9 Å². The van der Waals surface area contributed by atoms with Crippen molar-refractivity contribution in [1.82, 2.24) is 15.1 Å². The normalized spacial score (nSPS) is 24.3. The summed E-state index contributed by atoms with van der Waals surface area (Å²) in [7, 11) is 1.33. The highest BCUT2D eigenvalue weighted by atomic mass is 16.6. The molecule has 2 aliphatic rings. The molecule has 1 N–H and O–H groups in total. The predicted octanol–water partition coefficient (Wildman–Crippen LogP) is 1.39. The number of carbonyl (C=O) groups excluding carboxylic acids is 3. The number of esters is 1. The van der Waals surface area contributed by atoms with Crippen LogP contribution < -0.4 is 5.32 Å². The van der Waals surface area contributed by atoms with E-state index >= 15 is 0 Å². The van der Waals surface area contributed by atoms with Gasteiger partial charge in [-0.2, -0.15) is 0 Å². The van der Waals surface area contributed by atoms with Crippen molar-refractivity contribution < 1.29 is 23.9 Å². The summed E-state index contributed by atoms with van der Waals surface area (Å²) in [6.45, 7) is 9.04. The highest BCUT2D eigenvalue weighted by Crippen LogP contribution is 2.23. The molecule has 2 heterocycles. The largest absolute Gasteiger partial charge is 0.469 e. The van der Waals surface area contributed by atoms with Crippen molar-refractivity contribution in [2.24, 2.45) is 5.92 Å². The number of nitrogens with zero attached hydrogens (tertiary/aromatic N) is 2. The number of hydrogen-bond acceptors (Lipinski definition) is 6. The molecule has 27 heavy (non-hydrogen) atoms. The summed E-state index contributed by atoms with van der Waals surface area (Å²) in [5.74, 6) is -0.128. The first-order valence-corrected chi connectivity index (χ1v) is 9.76. The molecule has 0 radical (unpaired) electrons. The fraction of sp³-hybridized carbons (Fsp3) is 0.842. The molecule has 2 saturated heterocycles. The topological polar surface area (TPSA) is 88.2 Å². The number of amides is 2. The summed E-state index contributed by atoms with van der Waals surface area (Å²) in [5, 5.41) is 2.82. The van der Waals surface area contributed by atoms with Crippen LogP contribution in [-0.2, 0) is 19.1 Å². The maximum absolute atomic E-state index is 12.3. The van der Waals surface area contributed by atoms with Crippen LogP contribution in [0.1, 0.15) is 46.5 Å². The van der Waals surface area contributed by atoms with E-state index < -0.39 is 11.6 Å². The molecule has 0 aromatic rings. The van der Waals surface area contributed by atoms with Gasteiger partial charge in [0.05, 0.1) is 19.6 Å². The Hall–Kier alpha value is -1.83. The molecule has 2 atom stereocenters. The van der Waals surface area contributed by atoms with Crippen LogP contribution in [0.5, 0.6) is 0 Å². The molecule has 154 valence electrons. The van der Waals surface area contributed by atoms with Gasteiger partial charge in [-0.05, 0) is 52.5 Å². The van der Waals surface area contributed by atoms with Gasteiger partial charge in [0.1, 0.15) is 5.60 Å². The molecule has 0 aromatic carbocycles. The third-order valence-electron chi connectivity index (χ3n) is 5.02. The zero-order valence-corrected chi connectivity index (χ0v) is 17.0. The van der Waals surface area contributed by atoms with E-state index in [9.17, 15) is 14.4 Å². The number of hydrogen-bond donors (Lipinski definition) is 1. The highest BCUT2D eigenvalue weighted by Gasteiger charge is 2.33. The standard InChI is InChI=1S/C19H33N3O5/c1-19(2,3)27-18(25)22-9-5-6-14(13-22)7-10-21-11-8-20-17(24)15(21)12-16(23)26-4/h14-15H,5-13H2,1-4H3,(H,20,24). The van der Waals surface area contributed by atoms with Gasteiger partial charge in [-0.15, -0.1) is 0 Å². The van der Waals surface area contributed by atoms with Crippen molar-refractivity contribution in [1.29, 1.82) is 0 Å². The monoisotopic (exact) mass is 383 g/mol. The molecule has 0 aliphatic carbocycles. The second-order valence-electron chi connectivity index (χ2n) is 8.35. The lowest BCUT2D eigenvalue weighted by Gasteiger charge is -2.37. The summed E-state index contributed by atoms with van der Waals surface area (Å²) in [4.78, 5) is 39.9. The molecule has 8 nitrogen and oxygen atoms in total. The number of nitrogens with one attached hydrogen (secondary N) is 1. The van der Waals surface area contributed by atoms with Crippen LogP contribution in [0.15, 0.2) is 0 Å². The number of ether oxygens (including phenoxy) is 2. The Balaban J connectivity index is 1.87. The van der Waals surface area contributed by atoms with Gasteiger partial charge in [-0.3, -0.25) is 14.5 Å². The fourth-order valence-corrected chi connectivity index (χ4v) is 3.63. The van der Waals surface area contributed by atoms with Gasteiger partial charge in [0.25, 0.3) is 0 Å². The Morgan fingerprint density at radius 3 is 2.67 bits per heavy atom. The lowest BCUT2D eigenvalue weighted by molar-refractivity contribution is -0.146. The molecule has 0 spiro atoms. The minimum absolute atomic E-state index is 0.0665. The number of piperidine rings is 1. The highest BCUT2D eigenvalue weighted by molar-refractivity contribution is 5.87. The second-order valence-corrected chi connectivity index (χ2v) is 8.35. The van der Waals surface area contributed by atoms with E-state index in [-0.39, 0.29) is 24.4 Å². The van der Waals surface area contributed by atoms with Crippen LogP contribution in [0, 0.1) is 5.92 Å². The number of carbonyl (C=O) groups is 3. The van der Waals surface area contributed by atoms with Gasteiger partial charge >= 0.3 is 12.1 Å². The van der Waals surface area contributed by atoms with Crippen molar-refractivity contribution in [2.45, 2.75) is 58.1 Å². The maximum Gasteiger partial charge on any atom is 0.410 e. The molecule has 2 amide bonds. The summed E-state index contributed by atoms with van der Waals surface area (Å²) in [6.07, 6.45) is 2.70. The van der Waals surface area contributed by atoms with Crippen LogP contribution in [0.3, 0.4) is 0 Å². The predicted molar refractivity (Wildman–Crippen MR) is 100 cm³/mol. The molecule has 2 rings (SSSR count). The molecular formula is C19H33N3O5. The second kappa shape index (κ2) is 9.39. The third kappa shape index (κ3) is 6.68. The third-order valence-corrected chi connectivity index (χ3v) is 5.02. The van der Waals surface area contributed by atoms with Crippen LogP contribution in [-0.4, -0.2) is 79.2 Å². The zero-order valence-electron chi connectivity index (χ0n) is 17.0. The van der Waals surface area contributed by atoms with Crippen molar-refractivity contribution in [3.63, 3.8) is 0 Å². The lowest BCUT2D eigenvalue weighted by Crippen LogP contribution is -2.56. The molecule has 2 aliphatic heterocycles. The smallest absolute Gasteiger partial charge is 0.410 e. The van der Waals surface area contributed by atoms with Gasteiger partial charge < -0.3 is 19.7 Å². The van der Waals surface area contributed by atoms with Crippen LogP contribution in [0.25, 0.3) is 0 Å². The molecular weight excluding hydrogens is 350 g/mol. The first kappa shape index (κ1) is 21.5. The fourth-order valence-electron chi connectivity index (χ4n) is 3.63. The first-order chi connectivity index (χ1) is 12.7. The average Bonchev–Trinajstić information content (AvgIpc) is 2.61. The van der Waals surface area contributed by atoms with E-state index in [4.69, 9.17) is 9.47 Å². The quantitative estimate of drug-likeness (QED) is 0.722. The molecule has 0 aromatic heterocycles. The lowest BCUT2D eigenvalue weighted by atomic mass is 9.94. The molecule has 0 bridgehead atoms. The van der Waals surface area contributed by atoms with E-state index in [1.807, 2.05) is 20.8 Å². The van der Waals surface area contributed by atoms with Crippen molar-refractivity contribution >= 4 is 18.0 Å². The van der Waals surface area contributed by atoms with Gasteiger partial charge in [-0.1, -0.05) is 0 Å². The number of methoxy groups -OCH3 is 1. The van der Waals surface area contributed by atoms with Crippen LogP contribution in [0.4, 0.5) is 4.79 Å². The number of rotatable bonds is 5. The Labute approximate surface area is 161 Å². The van der Waals surface area contributed by atoms with E-state index in [1.54, 1.807) is 4.90 Å². The Bertz CT molecular complexity index is 546. The van der Waals surface area contributed by atoms with Crippen LogP contribution >= 0.6 is 0 Å². The van der Waals surface area contributed by atoms with Gasteiger partial charge in [-0.25, -0.2) is 4.79 Å². The van der Waals surface area contributed by atoms with Crippen molar-refractivity contribution in [3.05, 3.63) is 0 Å². The number of piperazine rings is 1. The maximum atomic E-state index is 12.3. The number of likely N-dealkylation sites (tertiary alicyclic amines) is 1. The Morgan fingerprint density at radius 1 is 1.26 bits per heavy atom. The van der Waals surface area contributed by atoms with E-state index in [1.165, 1.54) is 7.11 Å². The Kier molecular flexibility index (Phi) is 7.47. The minimum Gasteiger partial charge on any atom is -0.469 e. The summed E-state index contributed by atoms with van der Waals surface area (Å²) in [6, 6.07) is -0.475. The van der Waals surface area contributed by atoms with E-state index in [2.05, 4.69) is 10.2 Å². The summed E-state index contributed by atoms with van der Waals surface area (Å²) < 4.78 is 10.2. The average molecular weight is 383 g/mol. The molecule has 2 fully saturated rings. The van der Waals surface area contributed by atoms with E-state index in [0.29, 0.717) is 19.0 Å². The van der Waals surface area contributed by atoms with Crippen molar-refractivity contribution in [3.8, 4) is 0 Å². The van der Waals surface area contributed by atoms with Gasteiger partial charge in [0.2, 0.25) is 5.91 Å². The summed E-state index contributed by atoms with van der Waals surface area (Å²) >= 11 is 0. The van der Waals surface area contributed by atoms with Crippen molar-refractivity contribution in [2.75, 3.05) is 39.8 Å². The minimum atomic E-state index is -0.494.